The molecule has 0 bridgehead atoms. The van der Waals surface area contributed by atoms with Crippen LogP contribution in [0.5, 0.6) is 0 Å². The molecule has 0 spiro atoms. The van der Waals surface area contributed by atoms with Crippen LogP contribution in [-0.2, 0) is 0 Å². The minimum atomic E-state index is -0.239. The number of fused-ring (bicyclic) bond motifs is 1. The van der Waals surface area contributed by atoms with E-state index in [0.29, 0.717) is 16.0 Å². The van der Waals surface area contributed by atoms with Gasteiger partial charge in [0.1, 0.15) is 5.52 Å². The van der Waals surface area contributed by atoms with Gasteiger partial charge in [-0.2, -0.15) is 0 Å². The molecule has 0 unspecified atom stereocenters. The standard InChI is InChI=1S/C10H7N5OS/c11-8-6-9(13-4-12-6)15-10(14-8)7(16)5-2-1-3-17-5/h1-4H,(H3,11,12,13,14,15). The van der Waals surface area contributed by atoms with E-state index in [1.807, 2.05) is 5.38 Å². The number of nitrogen functional groups attached to an aromatic ring is 1. The van der Waals surface area contributed by atoms with E-state index in [1.165, 1.54) is 17.7 Å². The summed E-state index contributed by atoms with van der Waals surface area (Å²) in [5.41, 5.74) is 6.67. The Morgan fingerprint density at radius 1 is 1.41 bits per heavy atom. The van der Waals surface area contributed by atoms with Crippen LogP contribution in [0.25, 0.3) is 11.2 Å². The van der Waals surface area contributed by atoms with Crippen molar-refractivity contribution >= 4 is 34.1 Å². The van der Waals surface area contributed by atoms with Crippen molar-refractivity contribution in [3.63, 3.8) is 0 Å². The van der Waals surface area contributed by atoms with E-state index < -0.39 is 0 Å². The minimum Gasteiger partial charge on any atom is -0.382 e. The van der Waals surface area contributed by atoms with Crippen LogP contribution in [0.3, 0.4) is 0 Å². The number of ketones is 1. The molecule has 0 radical (unpaired) electrons. The minimum absolute atomic E-state index is 0.0737. The second-order valence-electron chi connectivity index (χ2n) is 3.34. The first-order chi connectivity index (χ1) is 8.25. The Balaban J connectivity index is 2.15. The first-order valence-corrected chi connectivity index (χ1v) is 5.68. The van der Waals surface area contributed by atoms with Crippen molar-refractivity contribution in [1.29, 1.82) is 0 Å². The average Bonchev–Trinajstić information content (AvgIpc) is 2.98. The molecule has 0 saturated carbocycles. The van der Waals surface area contributed by atoms with Crippen LogP contribution in [0.2, 0.25) is 0 Å². The molecule has 84 valence electrons. The monoisotopic (exact) mass is 245 g/mol. The van der Waals surface area contributed by atoms with Crippen LogP contribution in [-0.4, -0.2) is 25.7 Å². The number of aromatic nitrogens is 4. The number of anilines is 1. The number of nitrogens with two attached hydrogens (primary N) is 1. The van der Waals surface area contributed by atoms with E-state index in [9.17, 15) is 4.79 Å². The summed E-state index contributed by atoms with van der Waals surface area (Å²) >= 11 is 1.34. The maximum atomic E-state index is 12.0. The summed E-state index contributed by atoms with van der Waals surface area (Å²) in [7, 11) is 0. The molecule has 6 nitrogen and oxygen atoms in total. The Hall–Kier alpha value is -2.28. The normalized spacial score (nSPS) is 10.8. The first kappa shape index (κ1) is 9.91. The van der Waals surface area contributed by atoms with Crippen LogP contribution in [0.4, 0.5) is 5.82 Å². The molecule has 0 atom stereocenters. The third-order valence-electron chi connectivity index (χ3n) is 2.26. The quantitative estimate of drug-likeness (QED) is 0.662. The van der Waals surface area contributed by atoms with Crippen molar-refractivity contribution in [1.82, 2.24) is 19.9 Å². The summed E-state index contributed by atoms with van der Waals surface area (Å²) in [6.45, 7) is 0. The molecular weight excluding hydrogens is 238 g/mol. The van der Waals surface area contributed by atoms with Crippen LogP contribution >= 0.6 is 11.3 Å². The first-order valence-electron chi connectivity index (χ1n) is 4.80. The number of nitrogens with one attached hydrogen (secondary N) is 1. The number of nitrogens with zero attached hydrogens (tertiary/aromatic N) is 3. The second-order valence-corrected chi connectivity index (χ2v) is 4.29. The van der Waals surface area contributed by atoms with Crippen molar-refractivity contribution in [2.24, 2.45) is 0 Å². The SMILES string of the molecule is Nc1nc(C(=O)c2cccs2)nc2nc[nH]c12. The highest BCUT2D eigenvalue weighted by atomic mass is 32.1. The largest absolute Gasteiger partial charge is 0.382 e. The molecule has 0 aromatic carbocycles. The number of carbonyl (C=O) groups excluding carboxylic acids is 1. The number of hydrogen-bond acceptors (Lipinski definition) is 6. The summed E-state index contributed by atoms with van der Waals surface area (Å²) < 4.78 is 0. The van der Waals surface area contributed by atoms with Crippen molar-refractivity contribution < 1.29 is 4.79 Å². The summed E-state index contributed by atoms with van der Waals surface area (Å²) in [4.78, 5) is 27.4. The maximum absolute atomic E-state index is 12.0. The van der Waals surface area contributed by atoms with Crippen molar-refractivity contribution in [2.75, 3.05) is 5.73 Å². The summed E-state index contributed by atoms with van der Waals surface area (Å²) in [5, 5.41) is 1.82. The lowest BCUT2D eigenvalue weighted by Gasteiger charge is -1.99. The van der Waals surface area contributed by atoms with Gasteiger partial charge in [-0.3, -0.25) is 4.79 Å². The molecule has 3 aromatic rings. The highest BCUT2D eigenvalue weighted by molar-refractivity contribution is 7.12. The predicted octanol–water partition coefficient (Wildman–Crippen LogP) is 1.23. The molecule has 3 N–H and O–H groups in total. The van der Waals surface area contributed by atoms with Gasteiger partial charge in [-0.05, 0) is 11.4 Å². The molecule has 3 heterocycles. The molecule has 3 rings (SSSR count). The molecule has 17 heavy (non-hydrogen) atoms. The highest BCUT2D eigenvalue weighted by Crippen LogP contribution is 2.17. The molecule has 7 heteroatoms. The third kappa shape index (κ3) is 1.56. The van der Waals surface area contributed by atoms with Gasteiger partial charge >= 0.3 is 0 Å². The van der Waals surface area contributed by atoms with E-state index in [1.54, 1.807) is 12.1 Å². The number of imidazole rings is 1. The van der Waals surface area contributed by atoms with Crippen molar-refractivity contribution in [2.45, 2.75) is 0 Å². The number of rotatable bonds is 2. The summed E-state index contributed by atoms with van der Waals surface area (Å²) in [6.07, 6.45) is 1.47. The van der Waals surface area contributed by atoms with Gasteiger partial charge < -0.3 is 10.7 Å². The average molecular weight is 245 g/mol. The van der Waals surface area contributed by atoms with Crippen LogP contribution in [0.1, 0.15) is 15.5 Å². The van der Waals surface area contributed by atoms with Crippen LogP contribution in [0.15, 0.2) is 23.8 Å². The molecular formula is C10H7N5OS. The molecule has 0 fully saturated rings. The smallest absolute Gasteiger partial charge is 0.240 e. The Kier molecular flexibility index (Phi) is 2.12. The van der Waals surface area contributed by atoms with E-state index in [4.69, 9.17) is 5.73 Å². The Labute approximate surface area is 99.5 Å². The van der Waals surface area contributed by atoms with Crippen molar-refractivity contribution in [3.05, 3.63) is 34.5 Å². The molecule has 0 aliphatic carbocycles. The Bertz CT molecular complexity index is 688. The Morgan fingerprint density at radius 2 is 2.29 bits per heavy atom. The van der Waals surface area contributed by atoms with E-state index in [0.717, 1.165) is 0 Å². The molecule has 0 aliphatic heterocycles. The van der Waals surface area contributed by atoms with Crippen LogP contribution < -0.4 is 5.73 Å². The highest BCUT2D eigenvalue weighted by Gasteiger charge is 2.16. The summed E-state index contributed by atoms with van der Waals surface area (Å²) in [6, 6.07) is 3.52. The van der Waals surface area contributed by atoms with Gasteiger partial charge in [0.05, 0.1) is 11.2 Å². The van der Waals surface area contributed by atoms with E-state index >= 15 is 0 Å². The number of carbonyl (C=O) groups is 1. The topological polar surface area (TPSA) is 97.6 Å². The number of hydrogen-bond donors (Lipinski definition) is 2. The molecule has 0 aliphatic rings. The van der Waals surface area contributed by atoms with Gasteiger partial charge in [0, 0.05) is 0 Å². The van der Waals surface area contributed by atoms with Gasteiger partial charge in [-0.1, -0.05) is 6.07 Å². The molecule has 0 amide bonds. The maximum Gasteiger partial charge on any atom is 0.240 e. The zero-order chi connectivity index (χ0) is 11.8. The third-order valence-corrected chi connectivity index (χ3v) is 3.13. The van der Waals surface area contributed by atoms with Gasteiger partial charge in [-0.25, -0.2) is 15.0 Å². The Morgan fingerprint density at radius 3 is 3.06 bits per heavy atom. The van der Waals surface area contributed by atoms with Gasteiger partial charge in [0.15, 0.2) is 11.5 Å². The van der Waals surface area contributed by atoms with Gasteiger partial charge in [-0.15, -0.1) is 11.3 Å². The van der Waals surface area contributed by atoms with Crippen molar-refractivity contribution in [3.8, 4) is 0 Å². The fourth-order valence-electron chi connectivity index (χ4n) is 1.48. The second kappa shape index (κ2) is 3.63. The molecule has 3 aromatic heterocycles. The van der Waals surface area contributed by atoms with E-state index in [2.05, 4.69) is 19.9 Å². The van der Waals surface area contributed by atoms with Gasteiger partial charge in [0.2, 0.25) is 11.6 Å². The number of H-pyrrole nitrogens is 1. The lowest BCUT2D eigenvalue weighted by Crippen LogP contribution is -2.08. The molecule has 0 saturated heterocycles. The zero-order valence-electron chi connectivity index (χ0n) is 8.54. The number of aromatic amines is 1. The summed E-state index contributed by atoms with van der Waals surface area (Å²) in [5.74, 6) is 0.0635. The fraction of sp³-hybridized carbons (Fsp3) is 0. The lowest BCUT2D eigenvalue weighted by molar-refractivity contribution is 0.103. The van der Waals surface area contributed by atoms with Gasteiger partial charge in [0.25, 0.3) is 0 Å². The lowest BCUT2D eigenvalue weighted by atomic mass is 10.3. The van der Waals surface area contributed by atoms with Crippen LogP contribution in [0, 0.1) is 0 Å². The zero-order valence-corrected chi connectivity index (χ0v) is 9.36. The fourth-order valence-corrected chi connectivity index (χ4v) is 2.13. The predicted molar refractivity (Wildman–Crippen MR) is 63.8 cm³/mol. The van der Waals surface area contributed by atoms with E-state index in [-0.39, 0.29) is 17.4 Å². The number of thiophene rings is 1.